The van der Waals surface area contributed by atoms with Crippen LogP contribution < -0.4 is 4.74 Å². The molecule has 0 radical (unpaired) electrons. The van der Waals surface area contributed by atoms with E-state index in [1.54, 1.807) is 19.2 Å². The Morgan fingerprint density at radius 3 is 2.88 bits per heavy atom. The minimum absolute atomic E-state index is 0.0519. The van der Waals surface area contributed by atoms with Gasteiger partial charge in [0.2, 0.25) is 5.78 Å². The first-order chi connectivity index (χ1) is 8.20. The van der Waals surface area contributed by atoms with Crippen LogP contribution in [0, 0.1) is 0 Å². The number of furan rings is 1. The number of carbonyl (C=O) groups is 1. The fraction of sp³-hybridized carbons (Fsp3) is 0.154. The summed E-state index contributed by atoms with van der Waals surface area (Å²) in [5.41, 5.74) is 0.880. The van der Waals surface area contributed by atoms with Gasteiger partial charge in [-0.05, 0) is 35.9 Å². The molecule has 1 aromatic heterocycles. The molecule has 0 aliphatic heterocycles. The summed E-state index contributed by atoms with van der Waals surface area (Å²) in [6.45, 7) is 0. The minimum atomic E-state index is -0.0519. The van der Waals surface area contributed by atoms with Gasteiger partial charge in [0.15, 0.2) is 5.76 Å². The average molecular weight is 295 g/mol. The lowest BCUT2D eigenvalue weighted by molar-refractivity contribution is 0.0966. The lowest BCUT2D eigenvalue weighted by Gasteiger charge is -2.05. The summed E-state index contributed by atoms with van der Waals surface area (Å²) in [5.74, 6) is 1.05. The number of ketones is 1. The van der Waals surface area contributed by atoms with E-state index in [0.29, 0.717) is 5.76 Å². The van der Waals surface area contributed by atoms with Crippen molar-refractivity contribution in [1.29, 1.82) is 0 Å². The molecule has 2 aromatic rings. The first kappa shape index (κ1) is 11.9. The van der Waals surface area contributed by atoms with Crippen molar-refractivity contribution in [2.24, 2.45) is 0 Å². The van der Waals surface area contributed by atoms with E-state index in [9.17, 15) is 4.79 Å². The molecule has 0 saturated carbocycles. The van der Waals surface area contributed by atoms with Crippen molar-refractivity contribution in [3.63, 3.8) is 0 Å². The highest BCUT2D eigenvalue weighted by atomic mass is 79.9. The second kappa shape index (κ2) is 5.19. The van der Waals surface area contributed by atoms with Gasteiger partial charge in [-0.1, -0.05) is 15.9 Å². The minimum Gasteiger partial charge on any atom is -0.497 e. The quantitative estimate of drug-likeness (QED) is 0.811. The van der Waals surface area contributed by atoms with Crippen LogP contribution in [-0.4, -0.2) is 12.9 Å². The Morgan fingerprint density at radius 1 is 1.41 bits per heavy atom. The zero-order valence-electron chi connectivity index (χ0n) is 9.27. The summed E-state index contributed by atoms with van der Waals surface area (Å²) in [5, 5.41) is 0. The molecular weight excluding hydrogens is 284 g/mol. The third kappa shape index (κ3) is 2.77. The van der Waals surface area contributed by atoms with Gasteiger partial charge in [0, 0.05) is 10.9 Å². The van der Waals surface area contributed by atoms with E-state index in [1.165, 1.54) is 6.26 Å². The highest BCUT2D eigenvalue weighted by Crippen LogP contribution is 2.23. The second-order valence-corrected chi connectivity index (χ2v) is 4.39. The van der Waals surface area contributed by atoms with Gasteiger partial charge in [-0.2, -0.15) is 0 Å². The maximum Gasteiger partial charge on any atom is 0.202 e. The topological polar surface area (TPSA) is 39.4 Å². The molecule has 0 aliphatic carbocycles. The molecule has 17 heavy (non-hydrogen) atoms. The smallest absolute Gasteiger partial charge is 0.202 e. The van der Waals surface area contributed by atoms with Crippen LogP contribution in [0.5, 0.6) is 5.75 Å². The average Bonchev–Trinajstić information content (AvgIpc) is 2.85. The Morgan fingerprint density at radius 2 is 2.24 bits per heavy atom. The standard InChI is InChI=1S/C13H11BrO3/c1-16-10-4-5-11(14)9(7-10)8-12(15)13-3-2-6-17-13/h2-7H,8H2,1H3. The molecule has 2 rings (SSSR count). The molecule has 0 fully saturated rings. The predicted molar refractivity (Wildman–Crippen MR) is 67.4 cm³/mol. The number of Topliss-reactive ketones (excluding diaryl/α,β-unsaturated/α-hetero) is 1. The molecule has 1 aromatic carbocycles. The molecule has 0 unspecified atom stereocenters. The predicted octanol–water partition coefficient (Wildman–Crippen LogP) is 3.48. The maximum absolute atomic E-state index is 11.9. The third-order valence-electron chi connectivity index (χ3n) is 2.40. The molecule has 3 nitrogen and oxygen atoms in total. The normalized spacial score (nSPS) is 10.2. The summed E-state index contributed by atoms with van der Waals surface area (Å²) < 4.78 is 11.1. The Hall–Kier alpha value is -1.55. The Bertz CT molecular complexity index is 517. The van der Waals surface area contributed by atoms with Crippen molar-refractivity contribution in [2.45, 2.75) is 6.42 Å². The molecule has 0 N–H and O–H groups in total. The van der Waals surface area contributed by atoms with Crippen LogP contribution in [0.15, 0.2) is 45.5 Å². The molecule has 0 aliphatic rings. The molecule has 0 atom stereocenters. The number of methoxy groups -OCH3 is 1. The van der Waals surface area contributed by atoms with Crippen molar-refractivity contribution in [2.75, 3.05) is 7.11 Å². The summed E-state index contributed by atoms with van der Waals surface area (Å²) in [4.78, 5) is 11.9. The summed E-state index contributed by atoms with van der Waals surface area (Å²) in [6.07, 6.45) is 1.78. The van der Waals surface area contributed by atoms with Gasteiger partial charge in [0.1, 0.15) is 5.75 Å². The van der Waals surface area contributed by atoms with Gasteiger partial charge in [-0.3, -0.25) is 4.79 Å². The fourth-order valence-electron chi connectivity index (χ4n) is 1.51. The molecule has 0 bridgehead atoms. The monoisotopic (exact) mass is 294 g/mol. The number of carbonyl (C=O) groups excluding carboxylic acids is 1. The maximum atomic E-state index is 11.9. The van der Waals surface area contributed by atoms with Gasteiger partial charge < -0.3 is 9.15 Å². The zero-order chi connectivity index (χ0) is 12.3. The SMILES string of the molecule is COc1ccc(Br)c(CC(=O)c2ccco2)c1. The van der Waals surface area contributed by atoms with Crippen molar-refractivity contribution >= 4 is 21.7 Å². The Kier molecular flexibility index (Phi) is 3.64. The highest BCUT2D eigenvalue weighted by Gasteiger charge is 2.12. The van der Waals surface area contributed by atoms with Crippen LogP contribution >= 0.6 is 15.9 Å². The number of hydrogen-bond donors (Lipinski definition) is 0. The van der Waals surface area contributed by atoms with Crippen molar-refractivity contribution < 1.29 is 13.9 Å². The largest absolute Gasteiger partial charge is 0.497 e. The van der Waals surface area contributed by atoms with E-state index in [1.807, 2.05) is 18.2 Å². The van der Waals surface area contributed by atoms with Gasteiger partial charge in [-0.15, -0.1) is 0 Å². The lowest BCUT2D eigenvalue weighted by Crippen LogP contribution is -2.03. The van der Waals surface area contributed by atoms with Crippen LogP contribution in [0.2, 0.25) is 0 Å². The van der Waals surface area contributed by atoms with Gasteiger partial charge in [0.25, 0.3) is 0 Å². The van der Waals surface area contributed by atoms with Crippen molar-refractivity contribution in [3.05, 3.63) is 52.4 Å². The molecule has 0 spiro atoms. The van der Waals surface area contributed by atoms with E-state index in [0.717, 1.165) is 15.8 Å². The van der Waals surface area contributed by atoms with E-state index in [-0.39, 0.29) is 12.2 Å². The van der Waals surface area contributed by atoms with Crippen LogP contribution in [-0.2, 0) is 6.42 Å². The Labute approximate surface area is 108 Å². The van der Waals surface area contributed by atoms with Crippen LogP contribution in [0.3, 0.4) is 0 Å². The van der Waals surface area contributed by atoms with E-state index >= 15 is 0 Å². The lowest BCUT2D eigenvalue weighted by atomic mass is 10.1. The molecule has 0 amide bonds. The molecule has 1 heterocycles. The fourth-order valence-corrected chi connectivity index (χ4v) is 1.90. The summed E-state index contributed by atoms with van der Waals surface area (Å²) in [7, 11) is 1.60. The third-order valence-corrected chi connectivity index (χ3v) is 3.17. The highest BCUT2D eigenvalue weighted by molar-refractivity contribution is 9.10. The molecule has 0 saturated heterocycles. The second-order valence-electron chi connectivity index (χ2n) is 3.53. The molecular formula is C13H11BrO3. The van der Waals surface area contributed by atoms with Crippen LogP contribution in [0.25, 0.3) is 0 Å². The molecule has 88 valence electrons. The first-order valence-electron chi connectivity index (χ1n) is 5.10. The van der Waals surface area contributed by atoms with Gasteiger partial charge >= 0.3 is 0 Å². The first-order valence-corrected chi connectivity index (χ1v) is 5.89. The van der Waals surface area contributed by atoms with Crippen LogP contribution in [0.4, 0.5) is 0 Å². The van der Waals surface area contributed by atoms with E-state index in [2.05, 4.69) is 15.9 Å². The van der Waals surface area contributed by atoms with Crippen molar-refractivity contribution in [3.8, 4) is 5.75 Å². The number of benzene rings is 1. The molecule has 4 heteroatoms. The van der Waals surface area contributed by atoms with Crippen LogP contribution in [0.1, 0.15) is 16.1 Å². The number of halogens is 1. The Balaban J connectivity index is 2.21. The van der Waals surface area contributed by atoms with E-state index in [4.69, 9.17) is 9.15 Å². The number of rotatable bonds is 4. The van der Waals surface area contributed by atoms with Gasteiger partial charge in [-0.25, -0.2) is 0 Å². The summed E-state index contributed by atoms with van der Waals surface area (Å²) >= 11 is 3.41. The van der Waals surface area contributed by atoms with Crippen molar-refractivity contribution in [1.82, 2.24) is 0 Å². The zero-order valence-corrected chi connectivity index (χ0v) is 10.9. The number of ether oxygens (including phenoxy) is 1. The van der Waals surface area contributed by atoms with Gasteiger partial charge in [0.05, 0.1) is 13.4 Å². The summed E-state index contributed by atoms with van der Waals surface area (Å²) in [6, 6.07) is 8.91. The van der Waals surface area contributed by atoms with E-state index < -0.39 is 0 Å². The number of hydrogen-bond acceptors (Lipinski definition) is 3.